The summed E-state index contributed by atoms with van der Waals surface area (Å²) in [4.78, 5) is 20.4. The van der Waals surface area contributed by atoms with Gasteiger partial charge in [0, 0.05) is 16.7 Å². The number of phenolic OH excluding ortho intramolecular Hbond substituents is 1. The van der Waals surface area contributed by atoms with E-state index in [9.17, 15) is 5.11 Å². The highest BCUT2D eigenvalue weighted by molar-refractivity contribution is 6.37. The average Bonchev–Trinajstić information content (AvgIpc) is 3.86. The largest absolute Gasteiger partial charge is 0.508 e. The second-order valence-corrected chi connectivity index (χ2v) is 10.5. The molecule has 0 radical (unpaired) electrons. The molecular weight excluding hydrogens is 528 g/mol. The molecule has 3 aromatic rings. The Morgan fingerprint density at radius 3 is 1.44 bits per heavy atom. The number of aliphatic imine (C=N–C) groups is 4. The minimum absolute atomic E-state index is 0.209. The molecule has 202 valence electrons. The van der Waals surface area contributed by atoms with Gasteiger partial charge in [-0.1, -0.05) is 72.8 Å². The van der Waals surface area contributed by atoms with E-state index < -0.39 is 0 Å². The molecule has 0 atom stereocenters. The minimum atomic E-state index is 0.209. The fraction of sp³-hybridized carbons (Fsp3) is 0. The Morgan fingerprint density at radius 2 is 0.860 bits per heavy atom. The standard InChI is InChI=1S/C38H24N4O/c43-29-15-11-26(12-16-29)38-31-18-14-28(40-31)23-27-13-17-30(39-27)36(24-7-3-1-4-8-24)32-19-20-33(41-32)37(25-9-5-2-6-10-25)34-21-22-35(38)42-34/h1-23,43H. The lowest BCUT2D eigenvalue weighted by molar-refractivity contribution is 0.475. The van der Waals surface area contributed by atoms with Crippen molar-refractivity contribution in [1.29, 1.82) is 0 Å². The summed E-state index contributed by atoms with van der Waals surface area (Å²) in [6.45, 7) is 0. The second-order valence-electron chi connectivity index (χ2n) is 10.5. The van der Waals surface area contributed by atoms with Crippen LogP contribution in [0.5, 0.6) is 5.75 Å². The minimum Gasteiger partial charge on any atom is -0.508 e. The van der Waals surface area contributed by atoms with Crippen molar-refractivity contribution in [2.45, 2.75) is 0 Å². The molecule has 3 aromatic carbocycles. The summed E-state index contributed by atoms with van der Waals surface area (Å²) >= 11 is 0. The molecule has 43 heavy (non-hydrogen) atoms. The van der Waals surface area contributed by atoms with Crippen molar-refractivity contribution in [3.8, 4) is 5.75 Å². The molecule has 0 saturated heterocycles. The topological polar surface area (TPSA) is 69.7 Å². The van der Waals surface area contributed by atoms with Crippen LogP contribution in [0.4, 0.5) is 0 Å². The molecule has 0 saturated carbocycles. The maximum Gasteiger partial charge on any atom is 0.115 e. The van der Waals surface area contributed by atoms with E-state index in [0.29, 0.717) is 0 Å². The zero-order valence-electron chi connectivity index (χ0n) is 23.0. The zero-order valence-corrected chi connectivity index (χ0v) is 23.0. The third-order valence-electron chi connectivity index (χ3n) is 7.72. The van der Waals surface area contributed by atoms with E-state index in [1.54, 1.807) is 12.1 Å². The number of hydrogen-bond donors (Lipinski definition) is 1. The predicted molar refractivity (Wildman–Crippen MR) is 176 cm³/mol. The number of fused-ring (bicyclic) bond motifs is 4. The van der Waals surface area contributed by atoms with Gasteiger partial charge in [0.1, 0.15) is 5.75 Å². The molecule has 5 aliphatic rings. The number of rotatable bonds is 3. The summed E-state index contributed by atoms with van der Waals surface area (Å²) in [5, 5.41) is 9.99. The molecule has 0 fully saturated rings. The van der Waals surface area contributed by atoms with Gasteiger partial charge in [0.15, 0.2) is 0 Å². The third-order valence-corrected chi connectivity index (χ3v) is 7.72. The number of nitrogens with zero attached hydrogens (tertiary/aromatic N) is 4. The summed E-state index contributed by atoms with van der Waals surface area (Å²) in [5.41, 5.74) is 12.4. The molecule has 0 amide bonds. The monoisotopic (exact) mass is 552 g/mol. The molecule has 0 aromatic heterocycles. The second kappa shape index (κ2) is 10.2. The van der Waals surface area contributed by atoms with Gasteiger partial charge in [-0.3, -0.25) is 0 Å². The van der Waals surface area contributed by atoms with E-state index in [2.05, 4.69) is 36.4 Å². The Balaban J connectivity index is 1.42. The number of benzene rings is 3. The van der Waals surface area contributed by atoms with E-state index in [4.69, 9.17) is 20.0 Å². The highest BCUT2D eigenvalue weighted by atomic mass is 16.3. The smallest absolute Gasteiger partial charge is 0.115 e. The van der Waals surface area contributed by atoms with Crippen molar-refractivity contribution in [2.75, 3.05) is 0 Å². The molecular formula is C38H24N4O. The summed E-state index contributed by atoms with van der Waals surface area (Å²) in [6.07, 6.45) is 18.3. The maximum atomic E-state index is 9.99. The number of allylic oxidation sites excluding steroid dienone is 12. The van der Waals surface area contributed by atoms with Crippen LogP contribution in [0, 0.1) is 0 Å². The van der Waals surface area contributed by atoms with Gasteiger partial charge in [0.25, 0.3) is 0 Å². The van der Waals surface area contributed by atoms with Crippen molar-refractivity contribution in [3.05, 3.63) is 179 Å². The molecule has 8 bridgehead atoms. The number of hydrogen-bond acceptors (Lipinski definition) is 5. The lowest BCUT2D eigenvalue weighted by atomic mass is 9.98. The molecule has 5 nitrogen and oxygen atoms in total. The normalized spacial score (nSPS) is 18.4. The first-order valence-corrected chi connectivity index (χ1v) is 14.1. The SMILES string of the molecule is Oc1ccc(C2=C3C=CC(=N3)C=C3C=CC(=N3)C(c3ccccc3)=C3C=CC(=N3)C(c3ccccc3)=C3C=CC2=N3)cc1. The molecule has 1 N–H and O–H groups in total. The van der Waals surface area contributed by atoms with Crippen molar-refractivity contribution in [1.82, 2.24) is 0 Å². The van der Waals surface area contributed by atoms with Crippen LogP contribution >= 0.6 is 0 Å². The van der Waals surface area contributed by atoms with E-state index in [-0.39, 0.29) is 5.75 Å². The first-order valence-electron chi connectivity index (χ1n) is 14.1. The van der Waals surface area contributed by atoms with Crippen LogP contribution in [-0.4, -0.2) is 28.0 Å². The van der Waals surface area contributed by atoms with E-state index in [1.807, 2.05) is 91.1 Å². The van der Waals surface area contributed by atoms with Crippen LogP contribution in [0.25, 0.3) is 16.7 Å². The fourth-order valence-corrected chi connectivity index (χ4v) is 5.75. The zero-order chi connectivity index (χ0) is 28.8. The Kier molecular flexibility index (Phi) is 5.86. The number of phenols is 1. The van der Waals surface area contributed by atoms with E-state index >= 15 is 0 Å². The Bertz CT molecular complexity index is 2070. The first kappa shape index (κ1) is 24.8. The van der Waals surface area contributed by atoms with Gasteiger partial charge >= 0.3 is 0 Å². The summed E-state index contributed by atoms with van der Waals surface area (Å²) in [7, 11) is 0. The van der Waals surface area contributed by atoms with Gasteiger partial charge in [0.2, 0.25) is 0 Å². The van der Waals surface area contributed by atoms with Crippen LogP contribution < -0.4 is 0 Å². The Hall–Kier alpha value is -5.94. The van der Waals surface area contributed by atoms with Gasteiger partial charge in [-0.15, -0.1) is 0 Å². The Labute approximate surface area is 249 Å². The van der Waals surface area contributed by atoms with Crippen molar-refractivity contribution >= 4 is 39.6 Å². The summed E-state index contributed by atoms with van der Waals surface area (Å²) in [6, 6.07) is 27.7. The molecule has 0 spiro atoms. The molecule has 5 heterocycles. The first-order chi connectivity index (χ1) is 21.2. The van der Waals surface area contributed by atoms with Crippen LogP contribution in [0.1, 0.15) is 16.7 Å². The van der Waals surface area contributed by atoms with Gasteiger partial charge in [-0.05, 0) is 83.5 Å². The van der Waals surface area contributed by atoms with Crippen LogP contribution in [0.15, 0.2) is 182 Å². The molecule has 8 rings (SSSR count). The van der Waals surface area contributed by atoms with Crippen LogP contribution in [0.2, 0.25) is 0 Å². The van der Waals surface area contributed by atoms with Gasteiger partial charge in [-0.2, -0.15) is 0 Å². The number of aromatic hydroxyl groups is 1. The van der Waals surface area contributed by atoms with Gasteiger partial charge < -0.3 is 5.11 Å². The van der Waals surface area contributed by atoms with Gasteiger partial charge in [0.05, 0.1) is 45.6 Å². The van der Waals surface area contributed by atoms with E-state index in [1.165, 1.54) is 0 Å². The van der Waals surface area contributed by atoms with Crippen LogP contribution in [-0.2, 0) is 0 Å². The highest BCUT2D eigenvalue weighted by Crippen LogP contribution is 2.36. The third kappa shape index (κ3) is 4.53. The quantitative estimate of drug-likeness (QED) is 0.353. The molecule has 5 aliphatic heterocycles. The molecule has 5 heteroatoms. The fourth-order valence-electron chi connectivity index (χ4n) is 5.75. The van der Waals surface area contributed by atoms with Gasteiger partial charge in [-0.25, -0.2) is 20.0 Å². The maximum absolute atomic E-state index is 9.99. The van der Waals surface area contributed by atoms with Crippen molar-refractivity contribution < 1.29 is 5.11 Å². The molecule has 0 aliphatic carbocycles. The summed E-state index contributed by atoms with van der Waals surface area (Å²) < 4.78 is 0. The Morgan fingerprint density at radius 1 is 0.395 bits per heavy atom. The van der Waals surface area contributed by atoms with Crippen molar-refractivity contribution in [3.63, 3.8) is 0 Å². The highest BCUT2D eigenvalue weighted by Gasteiger charge is 2.25. The summed E-state index contributed by atoms with van der Waals surface area (Å²) in [5.74, 6) is 0.209. The van der Waals surface area contributed by atoms with Crippen LogP contribution in [0.3, 0.4) is 0 Å². The lowest BCUT2D eigenvalue weighted by Gasteiger charge is -2.11. The molecule has 0 unspecified atom stereocenters. The van der Waals surface area contributed by atoms with E-state index in [0.717, 1.165) is 79.0 Å². The predicted octanol–water partition coefficient (Wildman–Crippen LogP) is 7.87. The average molecular weight is 553 g/mol. The lowest BCUT2D eigenvalue weighted by Crippen LogP contribution is -2.02. The van der Waals surface area contributed by atoms with Crippen molar-refractivity contribution in [2.24, 2.45) is 20.0 Å².